The van der Waals surface area contributed by atoms with Crippen molar-refractivity contribution in [2.45, 2.75) is 31.7 Å². The molecule has 2 aliphatic carbocycles. The molecule has 1 heterocycles. The Balaban J connectivity index is 1.92. The predicted octanol–water partition coefficient (Wildman–Crippen LogP) is 0.750. The molecular formula is C8H12O2. The van der Waals surface area contributed by atoms with E-state index >= 15 is 0 Å². The van der Waals surface area contributed by atoms with Gasteiger partial charge in [0.2, 0.25) is 0 Å². The number of ether oxygens (including phenoxy) is 1. The molecule has 56 valence electrons. The summed E-state index contributed by atoms with van der Waals surface area (Å²) in [5.74, 6) is 2.17. The zero-order valence-corrected chi connectivity index (χ0v) is 5.86. The molecule has 2 saturated carbocycles. The smallest absolute Gasteiger partial charge is 0.158 e. The summed E-state index contributed by atoms with van der Waals surface area (Å²) in [6, 6.07) is 0. The number of rotatable bonds is 0. The Hall–Kier alpha value is -0.0800. The standard InChI is InChI=1S/C8H12O2/c9-8-5-3-4-1-2-6(10-8)7(4)5/h4-9H,1-3H2/t4-,5+,6-,7-,8-/m0/s1. The lowest BCUT2D eigenvalue weighted by Crippen LogP contribution is -2.36. The van der Waals surface area contributed by atoms with E-state index in [1.54, 1.807) is 0 Å². The third-order valence-corrected chi connectivity index (χ3v) is 3.55. The summed E-state index contributed by atoms with van der Waals surface area (Å²) in [6.07, 6.45) is 3.79. The van der Waals surface area contributed by atoms with Crippen LogP contribution in [-0.4, -0.2) is 17.5 Å². The van der Waals surface area contributed by atoms with Gasteiger partial charge in [0.05, 0.1) is 6.10 Å². The van der Waals surface area contributed by atoms with Gasteiger partial charge in [-0.15, -0.1) is 0 Å². The van der Waals surface area contributed by atoms with Gasteiger partial charge in [-0.1, -0.05) is 0 Å². The van der Waals surface area contributed by atoms with E-state index in [9.17, 15) is 5.11 Å². The van der Waals surface area contributed by atoms with Crippen molar-refractivity contribution in [2.24, 2.45) is 17.8 Å². The van der Waals surface area contributed by atoms with Crippen LogP contribution >= 0.6 is 0 Å². The quantitative estimate of drug-likeness (QED) is 0.538. The Bertz CT molecular complexity index is 167. The maximum Gasteiger partial charge on any atom is 0.158 e. The lowest BCUT2D eigenvalue weighted by molar-refractivity contribution is -0.117. The van der Waals surface area contributed by atoms with E-state index in [-0.39, 0.29) is 0 Å². The van der Waals surface area contributed by atoms with Crippen LogP contribution in [0.3, 0.4) is 0 Å². The molecule has 3 aliphatic rings. The molecule has 5 atom stereocenters. The monoisotopic (exact) mass is 140 g/mol. The van der Waals surface area contributed by atoms with Gasteiger partial charge in [-0.3, -0.25) is 0 Å². The van der Waals surface area contributed by atoms with E-state index in [2.05, 4.69) is 0 Å². The van der Waals surface area contributed by atoms with E-state index in [0.717, 1.165) is 11.8 Å². The van der Waals surface area contributed by atoms with Crippen LogP contribution in [0.15, 0.2) is 0 Å². The van der Waals surface area contributed by atoms with Crippen molar-refractivity contribution in [1.82, 2.24) is 0 Å². The van der Waals surface area contributed by atoms with Crippen LogP contribution in [-0.2, 0) is 4.74 Å². The Morgan fingerprint density at radius 2 is 2.20 bits per heavy atom. The van der Waals surface area contributed by atoms with Gasteiger partial charge in [-0.05, 0) is 31.1 Å². The largest absolute Gasteiger partial charge is 0.368 e. The number of aliphatic hydroxyl groups excluding tert-OH is 1. The molecule has 0 aromatic carbocycles. The Kier molecular flexibility index (Phi) is 0.868. The molecule has 1 saturated heterocycles. The van der Waals surface area contributed by atoms with Gasteiger partial charge in [0.25, 0.3) is 0 Å². The fourth-order valence-electron chi connectivity index (χ4n) is 3.02. The Morgan fingerprint density at radius 1 is 1.30 bits per heavy atom. The van der Waals surface area contributed by atoms with Crippen LogP contribution in [0.5, 0.6) is 0 Å². The molecular weight excluding hydrogens is 128 g/mol. The molecule has 0 amide bonds. The van der Waals surface area contributed by atoms with Crippen molar-refractivity contribution in [3.05, 3.63) is 0 Å². The van der Waals surface area contributed by atoms with Gasteiger partial charge in [-0.2, -0.15) is 0 Å². The second kappa shape index (κ2) is 1.56. The van der Waals surface area contributed by atoms with Crippen molar-refractivity contribution in [3.63, 3.8) is 0 Å². The van der Waals surface area contributed by atoms with Crippen molar-refractivity contribution < 1.29 is 9.84 Å². The van der Waals surface area contributed by atoms with Gasteiger partial charge in [0, 0.05) is 5.92 Å². The number of aliphatic hydroxyl groups is 1. The highest BCUT2D eigenvalue weighted by atomic mass is 16.6. The van der Waals surface area contributed by atoms with Crippen LogP contribution in [0, 0.1) is 17.8 Å². The van der Waals surface area contributed by atoms with Crippen molar-refractivity contribution >= 4 is 0 Å². The Morgan fingerprint density at radius 3 is 3.00 bits per heavy atom. The fourth-order valence-corrected chi connectivity index (χ4v) is 3.02. The second-order valence-corrected chi connectivity index (χ2v) is 3.88. The van der Waals surface area contributed by atoms with Gasteiger partial charge in [0.1, 0.15) is 0 Å². The first-order chi connectivity index (χ1) is 4.86. The van der Waals surface area contributed by atoms with Gasteiger partial charge >= 0.3 is 0 Å². The lowest BCUT2D eigenvalue weighted by atomic mass is 9.67. The van der Waals surface area contributed by atoms with Crippen LogP contribution < -0.4 is 0 Å². The maximum atomic E-state index is 9.32. The summed E-state index contributed by atoms with van der Waals surface area (Å²) in [7, 11) is 0. The summed E-state index contributed by atoms with van der Waals surface area (Å²) in [5.41, 5.74) is 0. The zero-order valence-electron chi connectivity index (χ0n) is 5.86. The minimum Gasteiger partial charge on any atom is -0.368 e. The van der Waals surface area contributed by atoms with E-state index < -0.39 is 6.29 Å². The first-order valence-corrected chi connectivity index (χ1v) is 4.20. The molecule has 10 heavy (non-hydrogen) atoms. The summed E-state index contributed by atoms with van der Waals surface area (Å²) in [5, 5.41) is 9.32. The maximum absolute atomic E-state index is 9.32. The number of hydrogen-bond acceptors (Lipinski definition) is 2. The molecule has 1 N–H and O–H groups in total. The molecule has 2 heteroatoms. The first-order valence-electron chi connectivity index (χ1n) is 4.20. The predicted molar refractivity (Wildman–Crippen MR) is 35.2 cm³/mol. The molecule has 3 fully saturated rings. The summed E-state index contributed by atoms with van der Waals surface area (Å²) < 4.78 is 5.39. The normalized spacial score (nSPS) is 63.9. The zero-order chi connectivity index (χ0) is 6.72. The molecule has 0 bridgehead atoms. The molecule has 0 aromatic rings. The summed E-state index contributed by atoms with van der Waals surface area (Å²) in [4.78, 5) is 0. The van der Waals surface area contributed by atoms with Gasteiger partial charge < -0.3 is 9.84 Å². The lowest BCUT2D eigenvalue weighted by Gasteiger charge is -2.36. The van der Waals surface area contributed by atoms with Crippen LogP contribution in [0.1, 0.15) is 19.3 Å². The van der Waals surface area contributed by atoms with E-state index in [1.807, 2.05) is 0 Å². The molecule has 2 nitrogen and oxygen atoms in total. The van der Waals surface area contributed by atoms with E-state index in [1.165, 1.54) is 19.3 Å². The fraction of sp³-hybridized carbons (Fsp3) is 1.00. The highest BCUT2D eigenvalue weighted by Crippen LogP contribution is 2.58. The van der Waals surface area contributed by atoms with E-state index in [0.29, 0.717) is 12.0 Å². The highest BCUT2D eigenvalue weighted by Gasteiger charge is 2.58. The molecule has 1 aliphatic heterocycles. The average Bonchev–Trinajstić information content (AvgIpc) is 2.14. The first kappa shape index (κ1) is 5.56. The SMILES string of the molecule is O[C@H]1O[C@H]2CC[C@H]3C[C@@H]1[C@H]32. The molecule has 0 radical (unpaired) electrons. The third-order valence-electron chi connectivity index (χ3n) is 3.55. The third kappa shape index (κ3) is 0.453. The van der Waals surface area contributed by atoms with Gasteiger partial charge in [-0.25, -0.2) is 0 Å². The average molecular weight is 140 g/mol. The minimum absolute atomic E-state index is 0.411. The number of hydrogen-bond donors (Lipinski definition) is 1. The molecule has 3 rings (SSSR count). The summed E-state index contributed by atoms with van der Waals surface area (Å²) >= 11 is 0. The topological polar surface area (TPSA) is 29.5 Å². The van der Waals surface area contributed by atoms with Gasteiger partial charge in [0.15, 0.2) is 6.29 Å². The van der Waals surface area contributed by atoms with Crippen molar-refractivity contribution in [2.75, 3.05) is 0 Å². The van der Waals surface area contributed by atoms with Crippen LogP contribution in [0.2, 0.25) is 0 Å². The van der Waals surface area contributed by atoms with Crippen molar-refractivity contribution in [1.29, 1.82) is 0 Å². The molecule has 0 unspecified atom stereocenters. The van der Waals surface area contributed by atoms with Crippen molar-refractivity contribution in [3.8, 4) is 0 Å². The Labute approximate surface area is 60.2 Å². The molecule has 0 spiro atoms. The highest BCUT2D eigenvalue weighted by molar-refractivity contribution is 5.03. The van der Waals surface area contributed by atoms with E-state index in [4.69, 9.17) is 4.74 Å². The second-order valence-electron chi connectivity index (χ2n) is 3.88. The minimum atomic E-state index is -0.411. The van der Waals surface area contributed by atoms with Crippen LogP contribution in [0.25, 0.3) is 0 Å². The van der Waals surface area contributed by atoms with Crippen LogP contribution in [0.4, 0.5) is 0 Å². The molecule has 0 aromatic heterocycles. The summed E-state index contributed by atoms with van der Waals surface area (Å²) in [6.45, 7) is 0.